The van der Waals surface area contributed by atoms with E-state index >= 15 is 0 Å². The second-order valence-electron chi connectivity index (χ2n) is 14.0. The summed E-state index contributed by atoms with van der Waals surface area (Å²) in [4.78, 5) is 2.39. The molecule has 1 aromatic heterocycles. The zero-order valence-corrected chi connectivity index (χ0v) is 29.4. The first-order valence-corrected chi connectivity index (χ1v) is 18.5. The van der Waals surface area contributed by atoms with E-state index < -0.39 is 0 Å². The van der Waals surface area contributed by atoms with Crippen molar-refractivity contribution < 1.29 is 4.42 Å². The van der Waals surface area contributed by atoms with Crippen LogP contribution in [-0.4, -0.2) is 0 Å². The van der Waals surface area contributed by atoms with Crippen LogP contribution in [0.3, 0.4) is 0 Å². The van der Waals surface area contributed by atoms with Gasteiger partial charge in [-0.1, -0.05) is 170 Å². The van der Waals surface area contributed by atoms with E-state index in [-0.39, 0.29) is 0 Å². The Morgan fingerprint density at radius 2 is 0.889 bits per heavy atom. The summed E-state index contributed by atoms with van der Waals surface area (Å²) < 4.78 is 7.30. The average Bonchev–Trinajstić information content (AvgIpc) is 3.62. The molecule has 2 nitrogen and oxygen atoms in total. The molecular weight excluding hydrogens is 655 g/mol. The third-order valence-electron chi connectivity index (χ3n) is 11.0. The Morgan fingerprint density at radius 1 is 0.315 bits per heavy atom. The molecule has 0 saturated heterocycles. The molecule has 252 valence electrons. The molecule has 0 spiro atoms. The van der Waals surface area contributed by atoms with Gasteiger partial charge in [-0.15, -0.1) is 0 Å². The van der Waals surface area contributed by atoms with Crippen LogP contribution >= 0.6 is 0 Å². The Bertz CT molecular complexity index is 3210. The molecule has 0 bridgehead atoms. The number of anilines is 3. The molecule has 0 unspecified atom stereocenters. The highest BCUT2D eigenvalue weighted by Gasteiger charge is 2.24. The van der Waals surface area contributed by atoms with Gasteiger partial charge < -0.3 is 9.32 Å². The molecule has 11 rings (SSSR count). The molecule has 11 aromatic rings. The Labute approximate surface area is 312 Å². The maximum absolute atomic E-state index is 7.30. The van der Waals surface area contributed by atoms with Crippen LogP contribution in [0.5, 0.6) is 0 Å². The van der Waals surface area contributed by atoms with Gasteiger partial charge >= 0.3 is 0 Å². The number of benzene rings is 10. The van der Waals surface area contributed by atoms with Crippen LogP contribution in [0.1, 0.15) is 0 Å². The van der Waals surface area contributed by atoms with Crippen LogP contribution in [0.25, 0.3) is 87.3 Å². The number of furan rings is 1. The Hall–Kier alpha value is -7.16. The highest BCUT2D eigenvalue weighted by molar-refractivity contribution is 6.23. The molecule has 10 aromatic carbocycles. The summed E-state index contributed by atoms with van der Waals surface area (Å²) in [6.45, 7) is 0. The summed E-state index contributed by atoms with van der Waals surface area (Å²) in [6.07, 6.45) is 0. The van der Waals surface area contributed by atoms with Crippen LogP contribution in [-0.2, 0) is 0 Å². The normalized spacial score (nSPS) is 11.7. The fourth-order valence-corrected chi connectivity index (χ4v) is 8.53. The molecule has 0 fully saturated rings. The second-order valence-corrected chi connectivity index (χ2v) is 14.0. The van der Waals surface area contributed by atoms with Gasteiger partial charge in [0.2, 0.25) is 0 Å². The average molecular weight is 688 g/mol. The predicted molar refractivity (Wildman–Crippen MR) is 229 cm³/mol. The van der Waals surface area contributed by atoms with E-state index in [1.54, 1.807) is 0 Å². The third kappa shape index (κ3) is 4.74. The minimum absolute atomic E-state index is 0.855. The van der Waals surface area contributed by atoms with Crippen molar-refractivity contribution in [3.8, 4) is 22.3 Å². The fourth-order valence-electron chi connectivity index (χ4n) is 8.53. The third-order valence-corrected chi connectivity index (χ3v) is 11.0. The lowest BCUT2D eigenvalue weighted by molar-refractivity contribution is 0.670. The van der Waals surface area contributed by atoms with Gasteiger partial charge in [-0.2, -0.15) is 0 Å². The first-order valence-electron chi connectivity index (χ1n) is 18.5. The predicted octanol–water partition coefficient (Wildman–Crippen LogP) is 15.0. The lowest BCUT2D eigenvalue weighted by Gasteiger charge is -2.27. The van der Waals surface area contributed by atoms with Gasteiger partial charge in [0.25, 0.3) is 0 Å². The summed E-state index contributed by atoms with van der Waals surface area (Å²) in [5.74, 6) is 0. The highest BCUT2D eigenvalue weighted by Crippen LogP contribution is 2.49. The molecule has 0 radical (unpaired) electrons. The lowest BCUT2D eigenvalue weighted by Crippen LogP contribution is -2.11. The van der Waals surface area contributed by atoms with Crippen molar-refractivity contribution in [1.29, 1.82) is 0 Å². The van der Waals surface area contributed by atoms with Crippen LogP contribution in [0.2, 0.25) is 0 Å². The molecule has 0 N–H and O–H groups in total. The lowest BCUT2D eigenvalue weighted by atomic mass is 9.92. The molecule has 0 aliphatic heterocycles. The number of para-hydroxylation sites is 1. The van der Waals surface area contributed by atoms with Gasteiger partial charge in [0.1, 0.15) is 5.58 Å². The smallest absolute Gasteiger partial charge is 0.159 e. The molecular formula is C52H33NO. The number of fused-ring (bicyclic) bond motifs is 8. The Balaban J connectivity index is 1.23. The monoisotopic (exact) mass is 687 g/mol. The largest absolute Gasteiger partial charge is 0.453 e. The summed E-state index contributed by atoms with van der Waals surface area (Å²) in [6, 6.07) is 72.1. The molecule has 0 amide bonds. The van der Waals surface area contributed by atoms with Crippen LogP contribution < -0.4 is 4.90 Å². The summed E-state index contributed by atoms with van der Waals surface area (Å²) in [5, 5.41) is 11.8. The minimum Gasteiger partial charge on any atom is -0.453 e. The van der Waals surface area contributed by atoms with E-state index in [0.29, 0.717) is 0 Å². The molecule has 0 atom stereocenters. The molecule has 1 heterocycles. The topological polar surface area (TPSA) is 16.4 Å². The van der Waals surface area contributed by atoms with E-state index in [4.69, 9.17) is 4.42 Å². The summed E-state index contributed by atoms with van der Waals surface area (Å²) in [5.41, 5.74) is 9.57. The van der Waals surface area contributed by atoms with Gasteiger partial charge in [0.15, 0.2) is 5.58 Å². The molecule has 0 aliphatic carbocycles. The number of nitrogens with zero attached hydrogens (tertiary/aromatic N) is 1. The van der Waals surface area contributed by atoms with E-state index in [0.717, 1.165) is 44.6 Å². The van der Waals surface area contributed by atoms with Crippen molar-refractivity contribution >= 4 is 82.1 Å². The van der Waals surface area contributed by atoms with Gasteiger partial charge in [0.05, 0.1) is 11.4 Å². The van der Waals surface area contributed by atoms with Crippen LogP contribution in [0, 0.1) is 0 Å². The van der Waals surface area contributed by atoms with Crippen molar-refractivity contribution in [1.82, 2.24) is 0 Å². The Morgan fingerprint density at radius 3 is 1.69 bits per heavy atom. The molecule has 2 heteroatoms. The SMILES string of the molecule is c1ccc(-c2ccc(N(c3cc4ccccc4c4ccccc34)c3cccc4c3oc3c(-c5cccc6ccccc56)c5ccccc5cc34)cc2)cc1. The van der Waals surface area contributed by atoms with Crippen molar-refractivity contribution in [3.05, 3.63) is 200 Å². The maximum Gasteiger partial charge on any atom is 0.159 e. The molecule has 0 saturated carbocycles. The van der Waals surface area contributed by atoms with E-state index in [9.17, 15) is 0 Å². The summed E-state index contributed by atoms with van der Waals surface area (Å²) in [7, 11) is 0. The molecule has 54 heavy (non-hydrogen) atoms. The van der Waals surface area contributed by atoms with Crippen molar-refractivity contribution in [2.45, 2.75) is 0 Å². The zero-order valence-electron chi connectivity index (χ0n) is 29.4. The number of hydrogen-bond donors (Lipinski definition) is 0. The Kier molecular flexibility index (Phi) is 6.90. The standard InChI is InChI=1S/C52H33NO/c1-2-14-34(15-3-1)35-28-30-39(31-29-35)53(49-33-38-18-5-8-21-41(38)43-23-10-11-24-44(43)49)48-27-13-26-46-47-32-37-17-6-9-22-42(37)50(52(47)54-51(46)48)45-25-12-19-36-16-4-7-20-40(36)45/h1-33H. The zero-order chi connectivity index (χ0) is 35.6. The van der Waals surface area contributed by atoms with Crippen LogP contribution in [0.4, 0.5) is 17.1 Å². The number of hydrogen-bond acceptors (Lipinski definition) is 2. The van der Waals surface area contributed by atoms with Crippen molar-refractivity contribution in [3.63, 3.8) is 0 Å². The maximum atomic E-state index is 7.30. The number of rotatable bonds is 5. The van der Waals surface area contributed by atoms with Gasteiger partial charge in [-0.3, -0.25) is 0 Å². The van der Waals surface area contributed by atoms with Crippen molar-refractivity contribution in [2.75, 3.05) is 4.90 Å². The minimum atomic E-state index is 0.855. The van der Waals surface area contributed by atoms with Crippen molar-refractivity contribution in [2.24, 2.45) is 0 Å². The van der Waals surface area contributed by atoms with E-state index in [1.165, 1.54) is 59.8 Å². The second kappa shape index (κ2) is 12.2. The van der Waals surface area contributed by atoms with Crippen LogP contribution in [0.15, 0.2) is 205 Å². The molecule has 0 aliphatic rings. The van der Waals surface area contributed by atoms with E-state index in [2.05, 4.69) is 205 Å². The van der Waals surface area contributed by atoms with E-state index in [1.807, 2.05) is 0 Å². The fraction of sp³-hybridized carbons (Fsp3) is 0. The highest BCUT2D eigenvalue weighted by atomic mass is 16.3. The first kappa shape index (κ1) is 30.5. The van der Waals surface area contributed by atoms with Gasteiger partial charge in [0, 0.05) is 27.4 Å². The first-order chi connectivity index (χ1) is 26.8. The quantitative estimate of drug-likeness (QED) is 0.168. The van der Waals surface area contributed by atoms with Gasteiger partial charge in [-0.05, 0) is 84.7 Å². The summed E-state index contributed by atoms with van der Waals surface area (Å²) >= 11 is 0. The van der Waals surface area contributed by atoms with Gasteiger partial charge in [-0.25, -0.2) is 0 Å².